The smallest absolute Gasteiger partial charge is 0.274 e. The van der Waals surface area contributed by atoms with Crippen LogP contribution in [0.3, 0.4) is 0 Å². The fourth-order valence-electron chi connectivity index (χ4n) is 1.81. The van der Waals surface area contributed by atoms with Crippen LogP contribution >= 0.6 is 11.6 Å². The topological polar surface area (TPSA) is 92.8 Å². The summed E-state index contributed by atoms with van der Waals surface area (Å²) in [5, 5.41) is 0.0674. The van der Waals surface area contributed by atoms with E-state index in [4.69, 9.17) is 11.6 Å². The van der Waals surface area contributed by atoms with E-state index in [1.807, 2.05) is 0 Å². The molecule has 0 saturated carbocycles. The third-order valence-electron chi connectivity index (χ3n) is 2.70. The summed E-state index contributed by atoms with van der Waals surface area (Å²) >= 11 is 5.93. The van der Waals surface area contributed by atoms with Gasteiger partial charge in [0.2, 0.25) is 15.9 Å². The lowest BCUT2D eigenvalue weighted by Crippen LogP contribution is -2.30. The number of sulfonamides is 1. The first-order valence-corrected chi connectivity index (χ1v) is 7.54. The van der Waals surface area contributed by atoms with Crippen LogP contribution in [0.25, 0.3) is 0 Å². The van der Waals surface area contributed by atoms with Crippen LogP contribution in [-0.2, 0) is 19.7 Å². The van der Waals surface area contributed by atoms with E-state index in [2.05, 4.69) is 10.3 Å². The molecule has 1 saturated heterocycles. The molecule has 9 heteroatoms. The van der Waals surface area contributed by atoms with Gasteiger partial charge in [0.05, 0.1) is 23.6 Å². The summed E-state index contributed by atoms with van der Waals surface area (Å²) in [5.41, 5.74) is 2.19. The predicted octanol–water partition coefficient (Wildman–Crippen LogP) is 0.698. The first-order chi connectivity index (χ1) is 9.36. The van der Waals surface area contributed by atoms with Gasteiger partial charge in [-0.05, 0) is 18.2 Å². The van der Waals surface area contributed by atoms with Crippen molar-refractivity contribution in [1.29, 1.82) is 0 Å². The Morgan fingerprint density at radius 3 is 2.70 bits per heavy atom. The number of amides is 2. The van der Waals surface area contributed by atoms with Gasteiger partial charge in [-0.25, -0.2) is 18.2 Å². The molecule has 0 bridgehead atoms. The zero-order valence-corrected chi connectivity index (χ0v) is 12.0. The van der Waals surface area contributed by atoms with Crippen LogP contribution < -0.4 is 9.79 Å². The largest absolute Gasteiger partial charge is 0.277 e. The summed E-state index contributed by atoms with van der Waals surface area (Å²) < 4.78 is 24.3. The van der Waals surface area contributed by atoms with Crippen molar-refractivity contribution in [2.45, 2.75) is 6.42 Å². The average molecular weight is 319 g/mol. The van der Waals surface area contributed by atoms with Gasteiger partial charge in [-0.2, -0.15) is 0 Å². The van der Waals surface area contributed by atoms with Crippen molar-refractivity contribution >= 4 is 39.1 Å². The molecule has 1 aliphatic heterocycles. The Hall–Kier alpha value is -1.64. The van der Waals surface area contributed by atoms with Gasteiger partial charge in [0.25, 0.3) is 5.91 Å². The van der Waals surface area contributed by atoms with Gasteiger partial charge in [-0.15, -0.1) is 0 Å². The van der Waals surface area contributed by atoms with E-state index in [1.54, 1.807) is 0 Å². The summed E-state index contributed by atoms with van der Waals surface area (Å²) in [6.07, 6.45) is -0.104. The van der Waals surface area contributed by atoms with Gasteiger partial charge in [0.1, 0.15) is 0 Å². The van der Waals surface area contributed by atoms with Gasteiger partial charge in [0.15, 0.2) is 0 Å². The Labute approximate surface area is 120 Å². The van der Waals surface area contributed by atoms with Gasteiger partial charge in [-0.3, -0.25) is 14.4 Å². The maximum absolute atomic E-state index is 11.9. The summed E-state index contributed by atoms with van der Waals surface area (Å²) in [7, 11) is -2.46. The van der Waals surface area contributed by atoms with E-state index in [0.717, 1.165) is 0 Å². The molecule has 1 N–H and O–H groups in total. The second-order valence-corrected chi connectivity index (χ2v) is 6.37. The van der Waals surface area contributed by atoms with Crippen molar-refractivity contribution in [3.8, 4) is 0 Å². The maximum Gasteiger partial charge on any atom is 0.274 e. The maximum atomic E-state index is 11.9. The van der Waals surface area contributed by atoms with Crippen LogP contribution in [0.2, 0.25) is 5.02 Å². The van der Waals surface area contributed by atoms with E-state index in [9.17, 15) is 18.0 Å². The number of carbonyl (C=O) groups excluding carboxylic acids is 2. The molecule has 20 heavy (non-hydrogen) atoms. The molecule has 1 heterocycles. The standard InChI is InChI=1S/C11H11ClN2O5S/c1-19-13-11(16)7-2-3-8(12)9(6-7)14-10(15)4-5-20(14,17)18/h2-3,6H,4-5H2,1H3,(H,13,16). The Morgan fingerprint density at radius 2 is 2.15 bits per heavy atom. The molecule has 108 valence electrons. The summed E-state index contributed by atoms with van der Waals surface area (Å²) in [6.45, 7) is 0. The number of hydrogen-bond donors (Lipinski definition) is 1. The Morgan fingerprint density at radius 1 is 1.45 bits per heavy atom. The molecule has 1 fully saturated rings. The lowest BCUT2D eigenvalue weighted by Gasteiger charge is -2.17. The van der Waals surface area contributed by atoms with Gasteiger partial charge >= 0.3 is 0 Å². The van der Waals surface area contributed by atoms with E-state index >= 15 is 0 Å². The first-order valence-electron chi connectivity index (χ1n) is 5.55. The van der Waals surface area contributed by atoms with Crippen molar-refractivity contribution in [2.24, 2.45) is 0 Å². The molecule has 0 spiro atoms. The second kappa shape index (κ2) is 5.39. The molecule has 0 radical (unpaired) electrons. The van der Waals surface area contributed by atoms with Crippen molar-refractivity contribution in [3.05, 3.63) is 28.8 Å². The first kappa shape index (κ1) is 14.8. The fraction of sp³-hybridized carbons (Fsp3) is 0.273. The van der Waals surface area contributed by atoms with E-state index in [0.29, 0.717) is 4.31 Å². The Bertz CT molecular complexity index is 673. The normalized spacial score (nSPS) is 17.3. The number of hydrogen-bond acceptors (Lipinski definition) is 5. The average Bonchev–Trinajstić information content (AvgIpc) is 2.65. The number of halogens is 1. The monoisotopic (exact) mass is 318 g/mol. The van der Waals surface area contributed by atoms with Crippen LogP contribution in [0.4, 0.5) is 5.69 Å². The number of benzene rings is 1. The number of nitrogens with one attached hydrogen (secondary N) is 1. The minimum atomic E-state index is -3.73. The Balaban J connectivity index is 2.49. The molecule has 1 aliphatic rings. The minimum absolute atomic E-state index is 0.0297. The highest BCUT2D eigenvalue weighted by molar-refractivity contribution is 7.94. The minimum Gasteiger partial charge on any atom is -0.277 e. The number of rotatable bonds is 3. The third kappa shape index (κ3) is 2.62. The molecule has 1 aromatic carbocycles. The zero-order chi connectivity index (χ0) is 14.9. The fourth-order valence-corrected chi connectivity index (χ4v) is 3.53. The van der Waals surface area contributed by atoms with Crippen molar-refractivity contribution in [3.63, 3.8) is 0 Å². The van der Waals surface area contributed by atoms with E-state index in [1.165, 1.54) is 25.3 Å². The summed E-state index contributed by atoms with van der Waals surface area (Å²) in [6, 6.07) is 3.98. The highest BCUT2D eigenvalue weighted by Crippen LogP contribution is 2.32. The molecular weight excluding hydrogens is 308 g/mol. The van der Waals surface area contributed by atoms with Gasteiger partial charge < -0.3 is 0 Å². The molecule has 0 atom stereocenters. The highest BCUT2D eigenvalue weighted by atomic mass is 35.5. The molecular formula is C11H11ClN2O5S. The van der Waals surface area contributed by atoms with Gasteiger partial charge in [-0.1, -0.05) is 11.6 Å². The molecule has 0 aliphatic carbocycles. The quantitative estimate of drug-likeness (QED) is 0.828. The van der Waals surface area contributed by atoms with E-state index in [-0.39, 0.29) is 28.4 Å². The number of carbonyl (C=O) groups is 2. The van der Waals surface area contributed by atoms with Crippen LogP contribution in [0.5, 0.6) is 0 Å². The summed E-state index contributed by atoms with van der Waals surface area (Å²) in [4.78, 5) is 27.8. The molecule has 0 aromatic heterocycles. The molecule has 2 rings (SSSR count). The highest BCUT2D eigenvalue weighted by Gasteiger charge is 2.37. The van der Waals surface area contributed by atoms with Gasteiger partial charge in [0, 0.05) is 12.0 Å². The second-order valence-electron chi connectivity index (χ2n) is 4.03. The Kier molecular flexibility index (Phi) is 3.98. The van der Waals surface area contributed by atoms with Crippen LogP contribution in [0, 0.1) is 0 Å². The third-order valence-corrected chi connectivity index (χ3v) is 4.70. The van der Waals surface area contributed by atoms with E-state index < -0.39 is 21.8 Å². The predicted molar refractivity (Wildman–Crippen MR) is 71.8 cm³/mol. The molecule has 1 aromatic rings. The van der Waals surface area contributed by atoms with Crippen LogP contribution in [-0.4, -0.2) is 33.1 Å². The molecule has 2 amide bonds. The van der Waals surface area contributed by atoms with Crippen LogP contribution in [0.15, 0.2) is 18.2 Å². The van der Waals surface area contributed by atoms with Crippen molar-refractivity contribution in [1.82, 2.24) is 5.48 Å². The van der Waals surface area contributed by atoms with Crippen molar-refractivity contribution < 1.29 is 22.8 Å². The zero-order valence-electron chi connectivity index (χ0n) is 10.4. The SMILES string of the molecule is CONC(=O)c1ccc(Cl)c(N2C(=O)CCS2(=O)=O)c1. The van der Waals surface area contributed by atoms with Crippen molar-refractivity contribution in [2.75, 3.05) is 17.2 Å². The number of anilines is 1. The lowest BCUT2D eigenvalue weighted by molar-refractivity contribution is -0.116. The molecule has 7 nitrogen and oxygen atoms in total. The lowest BCUT2D eigenvalue weighted by atomic mass is 10.2. The van der Waals surface area contributed by atoms with Crippen LogP contribution in [0.1, 0.15) is 16.8 Å². The summed E-state index contributed by atoms with van der Waals surface area (Å²) in [5.74, 6) is -1.41. The number of nitrogens with zero attached hydrogens (tertiary/aromatic N) is 1. The molecule has 0 unspecified atom stereocenters. The number of hydroxylamine groups is 1.